The molecule has 1 aromatic heterocycles. The largest absolute Gasteiger partial charge is 0.261 e. The van der Waals surface area contributed by atoms with Gasteiger partial charge in [0, 0.05) is 11.1 Å². The third kappa shape index (κ3) is 1.02. The van der Waals surface area contributed by atoms with E-state index >= 15 is 0 Å². The van der Waals surface area contributed by atoms with Crippen molar-refractivity contribution in [3.05, 3.63) is 40.0 Å². The zero-order valence-corrected chi connectivity index (χ0v) is 6.51. The molecule has 4 nitrogen and oxygen atoms in total. The lowest BCUT2D eigenvalue weighted by molar-refractivity contribution is 0.692. The van der Waals surface area contributed by atoms with Gasteiger partial charge in [0.2, 0.25) is 0 Å². The van der Waals surface area contributed by atoms with Gasteiger partial charge < -0.3 is 0 Å². The van der Waals surface area contributed by atoms with Crippen molar-refractivity contribution in [2.75, 3.05) is 0 Å². The van der Waals surface area contributed by atoms with Crippen LogP contribution in [0.3, 0.4) is 0 Å². The van der Waals surface area contributed by atoms with E-state index in [-0.39, 0.29) is 6.04 Å². The summed E-state index contributed by atoms with van der Waals surface area (Å²) in [5.74, 6) is 0. The fraction of sp³-hybridized carbons (Fsp3) is 0.375. The third-order valence-corrected chi connectivity index (χ3v) is 2.12. The van der Waals surface area contributed by atoms with Gasteiger partial charge in [-0.15, -0.1) is 0 Å². The van der Waals surface area contributed by atoms with Crippen molar-refractivity contribution in [1.29, 1.82) is 0 Å². The lowest BCUT2D eigenvalue weighted by atomic mass is 10.2. The lowest BCUT2D eigenvalue weighted by Gasteiger charge is -2.00. The minimum Gasteiger partial charge on any atom is -0.261 e. The zero-order valence-electron chi connectivity index (χ0n) is 6.51. The first kappa shape index (κ1) is 7.13. The van der Waals surface area contributed by atoms with E-state index in [1.165, 1.54) is 5.56 Å². The van der Waals surface area contributed by atoms with Gasteiger partial charge in [-0.05, 0) is 30.0 Å². The van der Waals surface area contributed by atoms with Crippen LogP contribution in [0.25, 0.3) is 10.4 Å². The van der Waals surface area contributed by atoms with Crippen molar-refractivity contribution in [2.45, 2.75) is 18.9 Å². The van der Waals surface area contributed by atoms with Crippen LogP contribution in [-0.2, 0) is 6.42 Å². The second-order valence-electron chi connectivity index (χ2n) is 2.81. The van der Waals surface area contributed by atoms with Crippen molar-refractivity contribution < 1.29 is 0 Å². The molecule has 0 aliphatic heterocycles. The van der Waals surface area contributed by atoms with Crippen LogP contribution in [0.2, 0.25) is 0 Å². The molecule has 0 radical (unpaired) electrons. The first-order valence-corrected chi connectivity index (χ1v) is 3.90. The number of hydrogen-bond donors (Lipinski definition) is 0. The van der Waals surface area contributed by atoms with E-state index in [0.29, 0.717) is 0 Å². The Morgan fingerprint density at radius 2 is 2.58 bits per heavy atom. The summed E-state index contributed by atoms with van der Waals surface area (Å²) in [5.41, 5.74) is 10.5. The van der Waals surface area contributed by atoms with E-state index in [4.69, 9.17) is 5.53 Å². The Labute approximate surface area is 69.9 Å². The number of hydrogen-bond acceptors (Lipinski definition) is 2. The highest BCUT2D eigenvalue weighted by molar-refractivity contribution is 5.27. The molecule has 0 fully saturated rings. The molecule has 1 heterocycles. The Balaban J connectivity index is 2.42. The molecule has 1 aromatic rings. The maximum Gasteiger partial charge on any atom is 0.0803 e. The van der Waals surface area contributed by atoms with Crippen LogP contribution in [0.5, 0.6) is 0 Å². The topological polar surface area (TPSA) is 61.7 Å². The molecule has 0 saturated carbocycles. The standard InChI is InChI=1S/C8H8N4/c9-12-11-7-4-3-6-2-1-5-10-8(6)7/h1-2,5,7H,3-4H2. The predicted molar refractivity (Wildman–Crippen MR) is 44.4 cm³/mol. The Bertz CT molecular complexity index is 341. The summed E-state index contributed by atoms with van der Waals surface area (Å²) < 4.78 is 0. The van der Waals surface area contributed by atoms with Gasteiger partial charge in [0.05, 0.1) is 11.7 Å². The molecule has 0 N–H and O–H groups in total. The number of rotatable bonds is 1. The molecule has 1 atom stereocenters. The van der Waals surface area contributed by atoms with Crippen molar-refractivity contribution in [3.8, 4) is 0 Å². The molecule has 0 bridgehead atoms. The van der Waals surface area contributed by atoms with Crippen LogP contribution in [0.15, 0.2) is 23.4 Å². The molecule has 1 aliphatic rings. The quantitative estimate of drug-likeness (QED) is 0.353. The molecule has 0 amide bonds. The Kier molecular flexibility index (Phi) is 1.68. The van der Waals surface area contributed by atoms with Crippen molar-refractivity contribution >= 4 is 0 Å². The molecule has 1 aliphatic carbocycles. The van der Waals surface area contributed by atoms with Gasteiger partial charge in [-0.25, -0.2) is 0 Å². The zero-order chi connectivity index (χ0) is 8.39. The second-order valence-corrected chi connectivity index (χ2v) is 2.81. The number of pyridine rings is 1. The molecule has 60 valence electrons. The summed E-state index contributed by atoms with van der Waals surface area (Å²) in [5, 5.41) is 3.68. The van der Waals surface area contributed by atoms with E-state index in [9.17, 15) is 0 Å². The van der Waals surface area contributed by atoms with E-state index in [1.54, 1.807) is 6.20 Å². The maximum absolute atomic E-state index is 8.28. The summed E-state index contributed by atoms with van der Waals surface area (Å²) in [7, 11) is 0. The molecule has 1 unspecified atom stereocenters. The van der Waals surface area contributed by atoms with Gasteiger partial charge in [0.1, 0.15) is 0 Å². The number of fused-ring (bicyclic) bond motifs is 1. The maximum atomic E-state index is 8.28. The van der Waals surface area contributed by atoms with Gasteiger partial charge in [-0.1, -0.05) is 11.2 Å². The summed E-state index contributed by atoms with van der Waals surface area (Å²) in [6, 6.07) is 3.91. The average molecular weight is 160 g/mol. The fourth-order valence-corrected chi connectivity index (χ4v) is 1.57. The average Bonchev–Trinajstić information content (AvgIpc) is 2.50. The number of aromatic nitrogens is 1. The molecule has 0 spiro atoms. The predicted octanol–water partition coefficient (Wildman–Crippen LogP) is 2.38. The van der Waals surface area contributed by atoms with Crippen LogP contribution >= 0.6 is 0 Å². The highest BCUT2D eigenvalue weighted by atomic mass is 15.2. The number of nitrogens with zero attached hydrogens (tertiary/aromatic N) is 4. The smallest absolute Gasteiger partial charge is 0.0803 e. The van der Waals surface area contributed by atoms with Crippen molar-refractivity contribution in [1.82, 2.24) is 4.98 Å². The third-order valence-electron chi connectivity index (χ3n) is 2.12. The van der Waals surface area contributed by atoms with Gasteiger partial charge in [-0.2, -0.15) is 0 Å². The van der Waals surface area contributed by atoms with Gasteiger partial charge >= 0.3 is 0 Å². The fourth-order valence-electron chi connectivity index (χ4n) is 1.57. The Morgan fingerprint density at radius 3 is 3.42 bits per heavy atom. The van der Waals surface area contributed by atoms with E-state index in [2.05, 4.69) is 15.0 Å². The highest BCUT2D eigenvalue weighted by Gasteiger charge is 2.21. The molecule has 12 heavy (non-hydrogen) atoms. The lowest BCUT2D eigenvalue weighted by Crippen LogP contribution is -1.90. The van der Waals surface area contributed by atoms with Gasteiger partial charge in [0.15, 0.2) is 0 Å². The van der Waals surface area contributed by atoms with Gasteiger partial charge in [-0.3, -0.25) is 4.98 Å². The van der Waals surface area contributed by atoms with E-state index in [1.807, 2.05) is 12.1 Å². The van der Waals surface area contributed by atoms with E-state index < -0.39 is 0 Å². The molecular weight excluding hydrogens is 152 g/mol. The number of aryl methyl sites for hydroxylation is 1. The first-order chi connectivity index (χ1) is 5.92. The Morgan fingerprint density at radius 1 is 1.67 bits per heavy atom. The molecule has 0 saturated heterocycles. The first-order valence-electron chi connectivity index (χ1n) is 3.90. The summed E-state index contributed by atoms with van der Waals surface area (Å²) in [6.45, 7) is 0. The summed E-state index contributed by atoms with van der Waals surface area (Å²) in [6.07, 6.45) is 3.62. The summed E-state index contributed by atoms with van der Waals surface area (Å²) in [4.78, 5) is 7.00. The minimum atomic E-state index is -0.0359. The van der Waals surface area contributed by atoms with E-state index in [0.717, 1.165) is 18.5 Å². The monoisotopic (exact) mass is 160 g/mol. The SMILES string of the molecule is [N-]=[N+]=NC1CCc2cccnc21. The van der Waals surface area contributed by atoms with Gasteiger partial charge in [0.25, 0.3) is 0 Å². The highest BCUT2D eigenvalue weighted by Crippen LogP contribution is 2.31. The minimum absolute atomic E-state index is 0.0359. The van der Waals surface area contributed by atoms with Crippen molar-refractivity contribution in [2.24, 2.45) is 5.11 Å². The van der Waals surface area contributed by atoms with Crippen molar-refractivity contribution in [3.63, 3.8) is 0 Å². The second kappa shape index (κ2) is 2.83. The Hall–Kier alpha value is -1.54. The summed E-state index contributed by atoms with van der Waals surface area (Å²) >= 11 is 0. The molecule has 4 heteroatoms. The number of azide groups is 1. The van der Waals surface area contributed by atoms with Crippen LogP contribution < -0.4 is 0 Å². The van der Waals surface area contributed by atoms with Crippen LogP contribution in [-0.4, -0.2) is 4.98 Å². The molecule has 2 rings (SSSR count). The van der Waals surface area contributed by atoms with Crippen LogP contribution in [0.1, 0.15) is 23.7 Å². The van der Waals surface area contributed by atoms with Crippen LogP contribution in [0.4, 0.5) is 0 Å². The normalized spacial score (nSPS) is 19.8. The molecule has 0 aromatic carbocycles. The molecular formula is C8H8N4. The van der Waals surface area contributed by atoms with Crippen LogP contribution in [0, 0.1) is 0 Å².